The van der Waals surface area contributed by atoms with Gasteiger partial charge in [0.05, 0.1) is 6.54 Å². The van der Waals surface area contributed by atoms with Gasteiger partial charge in [-0.3, -0.25) is 4.57 Å². The van der Waals surface area contributed by atoms with Crippen LogP contribution in [0, 0.1) is 0 Å². The molecule has 1 amide bonds. The van der Waals surface area contributed by atoms with Crippen LogP contribution >= 0.6 is 11.8 Å². The van der Waals surface area contributed by atoms with Crippen molar-refractivity contribution >= 4 is 17.8 Å². The largest absolute Gasteiger partial charge is 0.492 e. The van der Waals surface area contributed by atoms with Gasteiger partial charge in [0.2, 0.25) is 0 Å². The van der Waals surface area contributed by atoms with Crippen molar-refractivity contribution < 1.29 is 22.7 Å². The topological polar surface area (TPSA) is 47.4 Å². The van der Waals surface area contributed by atoms with Crippen LogP contribution in [0.5, 0.6) is 5.75 Å². The fraction of sp³-hybridized carbons (Fsp3) is 0.412. The van der Waals surface area contributed by atoms with Gasteiger partial charge in [0, 0.05) is 23.3 Å². The molecule has 1 heterocycles. The summed E-state index contributed by atoms with van der Waals surface area (Å²) in [5, 5.41) is 0. The Kier molecular flexibility index (Phi) is 6.96. The minimum atomic E-state index is -4.31. The fourth-order valence-electron chi connectivity index (χ4n) is 2.24. The molecular weight excluding hydrogens is 367 g/mol. The van der Waals surface area contributed by atoms with Crippen molar-refractivity contribution in [2.24, 2.45) is 0 Å². The maximum atomic E-state index is 12.5. The summed E-state index contributed by atoms with van der Waals surface area (Å²) >= 11 is -0.170. The van der Waals surface area contributed by atoms with Gasteiger partial charge in [-0.25, -0.2) is 9.78 Å². The van der Waals surface area contributed by atoms with Crippen LogP contribution in [0.15, 0.2) is 47.9 Å². The zero-order chi connectivity index (χ0) is 19.2. The molecular formula is C17H20F3N3O2S. The van der Waals surface area contributed by atoms with Crippen molar-refractivity contribution in [3.63, 3.8) is 0 Å². The third-order valence-corrected chi connectivity index (χ3v) is 4.49. The molecule has 2 aromatic rings. The molecule has 0 saturated carbocycles. The highest BCUT2D eigenvalue weighted by molar-refractivity contribution is 8.00. The van der Waals surface area contributed by atoms with Gasteiger partial charge in [0.25, 0.3) is 0 Å². The lowest BCUT2D eigenvalue weighted by molar-refractivity contribution is -0.0328. The number of nitrogens with zero attached hydrogens (tertiary/aromatic N) is 3. The van der Waals surface area contributed by atoms with Crippen LogP contribution in [0.25, 0.3) is 0 Å². The van der Waals surface area contributed by atoms with Crippen LogP contribution in [0.2, 0.25) is 0 Å². The lowest BCUT2D eigenvalue weighted by Crippen LogP contribution is -2.43. The molecule has 0 aliphatic heterocycles. The second-order valence-electron chi connectivity index (χ2n) is 5.57. The molecule has 142 valence electrons. The second kappa shape index (κ2) is 8.98. The highest BCUT2D eigenvalue weighted by Gasteiger charge is 2.29. The zero-order valence-corrected chi connectivity index (χ0v) is 15.3. The number of benzene rings is 1. The first kappa shape index (κ1) is 20.2. The molecule has 1 aromatic heterocycles. The van der Waals surface area contributed by atoms with Gasteiger partial charge in [-0.1, -0.05) is 6.92 Å². The number of carbonyl (C=O) groups is 1. The molecule has 1 atom stereocenters. The molecule has 0 fully saturated rings. The summed E-state index contributed by atoms with van der Waals surface area (Å²) < 4.78 is 43.9. The SMILES string of the molecule is CCC(C)N(CCOc1ccc(SC(F)(F)F)cc1)C(=O)n1ccnc1. The first-order valence-electron chi connectivity index (χ1n) is 8.07. The lowest BCUT2D eigenvalue weighted by atomic mass is 10.2. The van der Waals surface area contributed by atoms with Crippen LogP contribution < -0.4 is 4.74 Å². The number of alkyl halides is 3. The van der Waals surface area contributed by atoms with E-state index in [2.05, 4.69) is 4.98 Å². The smallest absolute Gasteiger partial charge is 0.446 e. The van der Waals surface area contributed by atoms with Gasteiger partial charge in [-0.2, -0.15) is 13.2 Å². The van der Waals surface area contributed by atoms with Gasteiger partial charge < -0.3 is 9.64 Å². The number of hydrogen-bond acceptors (Lipinski definition) is 4. The Morgan fingerprint density at radius 1 is 1.35 bits per heavy atom. The number of hydrogen-bond donors (Lipinski definition) is 0. The Morgan fingerprint density at radius 3 is 2.58 bits per heavy atom. The van der Waals surface area contributed by atoms with Crippen molar-refractivity contribution in [3.8, 4) is 5.75 Å². The number of imidazole rings is 1. The molecule has 0 aliphatic rings. The number of aromatic nitrogens is 2. The van der Waals surface area contributed by atoms with Crippen LogP contribution in [-0.4, -0.2) is 45.2 Å². The summed E-state index contributed by atoms with van der Waals surface area (Å²) in [6, 6.07) is 5.50. The maximum Gasteiger partial charge on any atom is 0.446 e. The molecule has 5 nitrogen and oxygen atoms in total. The summed E-state index contributed by atoms with van der Waals surface area (Å²) in [4.78, 5) is 18.2. The van der Waals surface area contributed by atoms with Gasteiger partial charge in [-0.15, -0.1) is 0 Å². The first-order chi connectivity index (χ1) is 12.3. The van der Waals surface area contributed by atoms with E-state index in [4.69, 9.17) is 4.74 Å². The normalized spacial score (nSPS) is 12.7. The second-order valence-corrected chi connectivity index (χ2v) is 6.71. The summed E-state index contributed by atoms with van der Waals surface area (Å²) in [6.07, 6.45) is 5.33. The van der Waals surface area contributed by atoms with E-state index in [1.54, 1.807) is 11.1 Å². The van der Waals surface area contributed by atoms with Crippen LogP contribution in [0.3, 0.4) is 0 Å². The van der Waals surface area contributed by atoms with E-state index < -0.39 is 5.51 Å². The average molecular weight is 387 g/mol. The van der Waals surface area contributed by atoms with Gasteiger partial charge in [0.15, 0.2) is 0 Å². The first-order valence-corrected chi connectivity index (χ1v) is 8.89. The van der Waals surface area contributed by atoms with Crippen LogP contribution in [-0.2, 0) is 0 Å². The molecule has 9 heteroatoms. The zero-order valence-electron chi connectivity index (χ0n) is 14.4. The van der Waals surface area contributed by atoms with Gasteiger partial charge in [-0.05, 0) is 49.4 Å². The van der Waals surface area contributed by atoms with Crippen LogP contribution in [0.4, 0.5) is 18.0 Å². The van der Waals surface area contributed by atoms with E-state index in [1.165, 1.54) is 41.4 Å². The number of halogens is 3. The molecule has 0 aliphatic carbocycles. The summed E-state index contributed by atoms with van der Waals surface area (Å²) in [5.74, 6) is 0.454. The minimum Gasteiger partial charge on any atom is -0.492 e. The number of carbonyl (C=O) groups excluding carboxylic acids is 1. The molecule has 0 spiro atoms. The molecule has 0 radical (unpaired) electrons. The van der Waals surface area contributed by atoms with Gasteiger partial charge in [0.1, 0.15) is 18.7 Å². The number of thioether (sulfide) groups is 1. The van der Waals surface area contributed by atoms with Crippen molar-refractivity contribution in [2.45, 2.75) is 36.7 Å². The third-order valence-electron chi connectivity index (χ3n) is 3.75. The Labute approximate surface area is 154 Å². The van der Waals surface area contributed by atoms with E-state index in [-0.39, 0.29) is 35.3 Å². The summed E-state index contributed by atoms with van der Waals surface area (Å²) in [7, 11) is 0. The van der Waals surface area contributed by atoms with E-state index in [9.17, 15) is 18.0 Å². The lowest BCUT2D eigenvalue weighted by Gasteiger charge is -2.28. The number of ether oxygens (including phenoxy) is 1. The maximum absolute atomic E-state index is 12.5. The Bertz CT molecular complexity index is 690. The van der Waals surface area contributed by atoms with Crippen molar-refractivity contribution in [3.05, 3.63) is 43.0 Å². The predicted octanol–water partition coefficient (Wildman–Crippen LogP) is 4.64. The van der Waals surface area contributed by atoms with E-state index in [1.807, 2.05) is 13.8 Å². The standard InChI is InChI=1S/C17H20F3N3O2S/c1-3-13(2)23(16(24)22-9-8-21-12-22)10-11-25-14-4-6-15(7-5-14)26-17(18,19)20/h4-9,12-13H,3,10-11H2,1-2H3. The van der Waals surface area contributed by atoms with E-state index >= 15 is 0 Å². The molecule has 1 unspecified atom stereocenters. The van der Waals surface area contributed by atoms with Crippen molar-refractivity contribution in [1.29, 1.82) is 0 Å². The van der Waals surface area contributed by atoms with Gasteiger partial charge >= 0.3 is 11.5 Å². The highest BCUT2D eigenvalue weighted by atomic mass is 32.2. The summed E-state index contributed by atoms with van der Waals surface area (Å²) in [5.41, 5.74) is -4.31. The molecule has 0 N–H and O–H groups in total. The predicted molar refractivity (Wildman–Crippen MR) is 93.3 cm³/mol. The Balaban J connectivity index is 1.92. The Morgan fingerprint density at radius 2 is 2.04 bits per heavy atom. The monoisotopic (exact) mass is 387 g/mol. The number of rotatable bonds is 7. The molecule has 2 rings (SSSR count). The Hall–Kier alpha value is -2.16. The third kappa shape index (κ3) is 5.98. The minimum absolute atomic E-state index is 0.0130. The number of amides is 1. The summed E-state index contributed by atoms with van der Waals surface area (Å²) in [6.45, 7) is 4.51. The van der Waals surface area contributed by atoms with Crippen molar-refractivity contribution in [1.82, 2.24) is 14.5 Å². The van der Waals surface area contributed by atoms with E-state index in [0.717, 1.165) is 6.42 Å². The average Bonchev–Trinajstić information content (AvgIpc) is 3.12. The molecule has 0 saturated heterocycles. The van der Waals surface area contributed by atoms with Crippen molar-refractivity contribution in [2.75, 3.05) is 13.2 Å². The molecule has 1 aromatic carbocycles. The fourth-order valence-corrected chi connectivity index (χ4v) is 2.78. The van der Waals surface area contributed by atoms with E-state index in [0.29, 0.717) is 12.3 Å². The molecule has 26 heavy (non-hydrogen) atoms. The quantitative estimate of drug-likeness (QED) is 0.649. The molecule has 0 bridgehead atoms. The van der Waals surface area contributed by atoms with Crippen LogP contribution in [0.1, 0.15) is 20.3 Å². The highest BCUT2D eigenvalue weighted by Crippen LogP contribution is 2.37.